The van der Waals surface area contributed by atoms with E-state index < -0.39 is 5.97 Å². The third-order valence-corrected chi connectivity index (χ3v) is 4.20. The van der Waals surface area contributed by atoms with Crippen LogP contribution in [0.25, 0.3) is 11.0 Å². The third-order valence-electron chi connectivity index (χ3n) is 4.20. The Labute approximate surface area is 165 Å². The van der Waals surface area contributed by atoms with E-state index in [0.29, 0.717) is 22.4 Å². The van der Waals surface area contributed by atoms with Crippen LogP contribution >= 0.6 is 0 Å². The predicted octanol–water partition coefficient (Wildman–Crippen LogP) is 4.81. The standard InChI is InChI=1S/C23H16O6/c1-26-16-8-5-9-17(12-16)28-21-14-27-20-13-18(10-11-19(20)22(21)24)29-23(25)15-6-3-2-4-7-15/h2-14H,1H3. The van der Waals surface area contributed by atoms with Gasteiger partial charge < -0.3 is 18.6 Å². The minimum absolute atomic E-state index is 0.0415. The summed E-state index contributed by atoms with van der Waals surface area (Å²) in [6.07, 6.45) is 1.23. The summed E-state index contributed by atoms with van der Waals surface area (Å²) in [5.41, 5.74) is 0.373. The molecule has 6 heteroatoms. The van der Waals surface area contributed by atoms with Gasteiger partial charge in [0.15, 0.2) is 0 Å². The number of carbonyl (C=O) groups excluding carboxylic acids is 1. The van der Waals surface area contributed by atoms with Crippen molar-refractivity contribution in [1.82, 2.24) is 0 Å². The summed E-state index contributed by atoms with van der Waals surface area (Å²) in [5.74, 6) is 0.878. The Bertz CT molecular complexity index is 1230. The van der Waals surface area contributed by atoms with Crippen LogP contribution < -0.4 is 19.6 Å². The van der Waals surface area contributed by atoms with Crippen LogP contribution in [0.4, 0.5) is 0 Å². The van der Waals surface area contributed by atoms with E-state index >= 15 is 0 Å². The summed E-state index contributed by atoms with van der Waals surface area (Å²) < 4.78 is 21.7. The number of hydrogen-bond donors (Lipinski definition) is 0. The average molecular weight is 388 g/mol. The zero-order valence-corrected chi connectivity index (χ0v) is 15.5. The Morgan fingerprint density at radius 1 is 0.862 bits per heavy atom. The molecule has 0 spiro atoms. The van der Waals surface area contributed by atoms with Crippen molar-refractivity contribution in [2.24, 2.45) is 0 Å². The molecule has 0 N–H and O–H groups in total. The molecular weight excluding hydrogens is 372 g/mol. The van der Waals surface area contributed by atoms with Crippen molar-refractivity contribution in [2.45, 2.75) is 0 Å². The first-order chi connectivity index (χ1) is 14.1. The highest BCUT2D eigenvalue weighted by molar-refractivity contribution is 5.91. The highest BCUT2D eigenvalue weighted by Gasteiger charge is 2.13. The number of ether oxygens (including phenoxy) is 3. The fraction of sp³-hybridized carbons (Fsp3) is 0.0435. The zero-order chi connectivity index (χ0) is 20.2. The SMILES string of the molecule is COc1cccc(Oc2coc3cc(OC(=O)c4ccccc4)ccc3c2=O)c1. The minimum Gasteiger partial charge on any atom is -0.497 e. The largest absolute Gasteiger partial charge is 0.497 e. The van der Waals surface area contributed by atoms with Gasteiger partial charge in [-0.3, -0.25) is 4.79 Å². The zero-order valence-electron chi connectivity index (χ0n) is 15.5. The Morgan fingerprint density at radius 2 is 1.66 bits per heavy atom. The second-order valence-electron chi connectivity index (χ2n) is 6.12. The lowest BCUT2D eigenvalue weighted by molar-refractivity contribution is 0.0735. The second-order valence-corrected chi connectivity index (χ2v) is 6.12. The summed E-state index contributed by atoms with van der Waals surface area (Å²) >= 11 is 0. The summed E-state index contributed by atoms with van der Waals surface area (Å²) in [6, 6.07) is 20.1. The molecular formula is C23H16O6. The van der Waals surface area contributed by atoms with Crippen LogP contribution in [-0.2, 0) is 0 Å². The number of methoxy groups -OCH3 is 1. The molecule has 4 rings (SSSR count). The first-order valence-electron chi connectivity index (χ1n) is 8.79. The lowest BCUT2D eigenvalue weighted by Crippen LogP contribution is -2.09. The number of carbonyl (C=O) groups is 1. The molecule has 6 nitrogen and oxygen atoms in total. The van der Waals surface area contributed by atoms with Crippen LogP contribution in [0.2, 0.25) is 0 Å². The van der Waals surface area contributed by atoms with Crippen molar-refractivity contribution in [3.05, 3.63) is 94.8 Å². The van der Waals surface area contributed by atoms with Crippen molar-refractivity contribution >= 4 is 16.9 Å². The van der Waals surface area contributed by atoms with Gasteiger partial charge in [-0.05, 0) is 36.4 Å². The van der Waals surface area contributed by atoms with E-state index in [1.165, 1.54) is 24.5 Å². The minimum atomic E-state index is -0.495. The molecule has 0 unspecified atom stereocenters. The van der Waals surface area contributed by atoms with E-state index in [4.69, 9.17) is 18.6 Å². The van der Waals surface area contributed by atoms with Crippen molar-refractivity contribution in [1.29, 1.82) is 0 Å². The predicted molar refractivity (Wildman–Crippen MR) is 107 cm³/mol. The van der Waals surface area contributed by atoms with Gasteiger partial charge in [-0.2, -0.15) is 0 Å². The number of fused-ring (bicyclic) bond motifs is 1. The Kier molecular flexibility index (Phi) is 4.99. The highest BCUT2D eigenvalue weighted by Crippen LogP contribution is 2.26. The van der Waals surface area contributed by atoms with Gasteiger partial charge >= 0.3 is 5.97 Å². The molecule has 0 aliphatic carbocycles. The molecule has 1 aromatic heterocycles. The number of benzene rings is 3. The molecule has 0 fully saturated rings. The number of hydrogen-bond acceptors (Lipinski definition) is 6. The van der Waals surface area contributed by atoms with Crippen molar-refractivity contribution in [3.8, 4) is 23.0 Å². The smallest absolute Gasteiger partial charge is 0.343 e. The molecule has 0 aliphatic rings. The molecule has 1 heterocycles. The Balaban J connectivity index is 1.60. The first-order valence-corrected chi connectivity index (χ1v) is 8.79. The molecule has 0 saturated carbocycles. The second kappa shape index (κ2) is 7.90. The molecule has 144 valence electrons. The molecule has 0 atom stereocenters. The maximum absolute atomic E-state index is 12.7. The lowest BCUT2D eigenvalue weighted by atomic mass is 10.2. The maximum atomic E-state index is 12.7. The number of rotatable bonds is 5. The van der Waals surface area contributed by atoms with Crippen LogP contribution in [0.1, 0.15) is 10.4 Å². The fourth-order valence-electron chi connectivity index (χ4n) is 2.76. The van der Waals surface area contributed by atoms with E-state index in [1.54, 1.807) is 55.6 Å². The topological polar surface area (TPSA) is 75.0 Å². The van der Waals surface area contributed by atoms with Gasteiger partial charge in [0.1, 0.15) is 29.1 Å². The van der Waals surface area contributed by atoms with Gasteiger partial charge in [0.05, 0.1) is 18.1 Å². The van der Waals surface area contributed by atoms with Crippen LogP contribution in [0.5, 0.6) is 23.0 Å². The van der Waals surface area contributed by atoms with E-state index in [2.05, 4.69) is 0 Å². The lowest BCUT2D eigenvalue weighted by Gasteiger charge is -2.08. The van der Waals surface area contributed by atoms with Gasteiger partial charge in [0, 0.05) is 12.1 Å². The van der Waals surface area contributed by atoms with E-state index in [0.717, 1.165) is 0 Å². The van der Waals surface area contributed by atoms with Crippen molar-refractivity contribution in [3.63, 3.8) is 0 Å². The molecule has 0 amide bonds. The quantitative estimate of drug-likeness (QED) is 0.361. The van der Waals surface area contributed by atoms with E-state index in [9.17, 15) is 9.59 Å². The average Bonchev–Trinajstić information content (AvgIpc) is 2.76. The normalized spacial score (nSPS) is 10.5. The van der Waals surface area contributed by atoms with Crippen LogP contribution in [0.15, 0.2) is 88.3 Å². The summed E-state index contributed by atoms with van der Waals surface area (Å²) in [4.78, 5) is 24.9. The van der Waals surface area contributed by atoms with Gasteiger partial charge in [0.2, 0.25) is 11.2 Å². The Hall–Kier alpha value is -4.06. The van der Waals surface area contributed by atoms with Gasteiger partial charge in [-0.25, -0.2) is 4.79 Å². The summed E-state index contributed by atoms with van der Waals surface area (Å²) in [5, 5.41) is 0.310. The molecule has 0 bridgehead atoms. The van der Waals surface area contributed by atoms with Crippen LogP contribution in [0.3, 0.4) is 0 Å². The Morgan fingerprint density at radius 3 is 2.45 bits per heavy atom. The van der Waals surface area contributed by atoms with Gasteiger partial charge in [-0.1, -0.05) is 24.3 Å². The summed E-state index contributed by atoms with van der Waals surface area (Å²) in [7, 11) is 1.55. The highest BCUT2D eigenvalue weighted by atomic mass is 16.5. The van der Waals surface area contributed by atoms with Crippen LogP contribution in [-0.4, -0.2) is 13.1 Å². The van der Waals surface area contributed by atoms with Gasteiger partial charge in [-0.15, -0.1) is 0 Å². The molecule has 3 aromatic carbocycles. The van der Waals surface area contributed by atoms with Crippen molar-refractivity contribution < 1.29 is 23.4 Å². The monoisotopic (exact) mass is 388 g/mol. The van der Waals surface area contributed by atoms with Crippen LogP contribution in [0, 0.1) is 0 Å². The fourth-order valence-corrected chi connectivity index (χ4v) is 2.76. The van der Waals surface area contributed by atoms with E-state index in [1.807, 2.05) is 6.07 Å². The molecule has 4 aromatic rings. The number of esters is 1. The summed E-state index contributed by atoms with van der Waals surface area (Å²) in [6.45, 7) is 0. The molecule has 0 radical (unpaired) electrons. The first kappa shape index (κ1) is 18.3. The molecule has 0 saturated heterocycles. The third kappa shape index (κ3) is 3.96. The van der Waals surface area contributed by atoms with E-state index in [-0.39, 0.29) is 22.5 Å². The maximum Gasteiger partial charge on any atom is 0.343 e. The molecule has 29 heavy (non-hydrogen) atoms. The molecule has 0 aliphatic heterocycles. The van der Waals surface area contributed by atoms with Gasteiger partial charge in [0.25, 0.3) is 0 Å². The van der Waals surface area contributed by atoms with Crippen molar-refractivity contribution in [2.75, 3.05) is 7.11 Å².